The molecule has 0 aliphatic carbocycles. The largest absolute Gasteiger partial charge is 0.396 e. The van der Waals surface area contributed by atoms with E-state index in [9.17, 15) is 5.11 Å². The highest BCUT2D eigenvalue weighted by atomic mass is 16.3. The fourth-order valence-corrected chi connectivity index (χ4v) is 2.45. The van der Waals surface area contributed by atoms with Crippen LogP contribution in [0.3, 0.4) is 0 Å². The number of nitrogens with zero attached hydrogens (tertiary/aromatic N) is 1. The van der Waals surface area contributed by atoms with Gasteiger partial charge in [0.15, 0.2) is 0 Å². The molecule has 1 aromatic carbocycles. The number of benzene rings is 1. The minimum atomic E-state index is 0.0191. The Morgan fingerprint density at radius 2 is 1.53 bits per heavy atom. The zero-order valence-corrected chi connectivity index (χ0v) is 13.6. The van der Waals surface area contributed by atoms with Crippen molar-refractivity contribution in [2.45, 2.75) is 60.0 Å². The van der Waals surface area contributed by atoms with Gasteiger partial charge in [0.25, 0.3) is 0 Å². The second kappa shape index (κ2) is 6.06. The first-order chi connectivity index (χ1) is 8.70. The van der Waals surface area contributed by atoms with Gasteiger partial charge in [-0.15, -0.1) is 0 Å². The highest BCUT2D eigenvalue weighted by molar-refractivity contribution is 5.43. The Morgan fingerprint density at radius 1 is 1.05 bits per heavy atom. The third-order valence-electron chi connectivity index (χ3n) is 4.67. The van der Waals surface area contributed by atoms with Gasteiger partial charge in [-0.1, -0.05) is 6.07 Å². The van der Waals surface area contributed by atoms with Gasteiger partial charge in [0.1, 0.15) is 0 Å². The first-order valence-corrected chi connectivity index (χ1v) is 7.09. The third-order valence-corrected chi connectivity index (χ3v) is 4.67. The van der Waals surface area contributed by atoms with Crippen molar-refractivity contribution in [3.05, 3.63) is 33.9 Å². The van der Waals surface area contributed by atoms with E-state index >= 15 is 0 Å². The average molecular weight is 263 g/mol. The van der Waals surface area contributed by atoms with Crippen LogP contribution in [0.4, 0.5) is 0 Å². The highest BCUT2D eigenvalue weighted by Gasteiger charge is 2.24. The number of hydrogen-bond donors (Lipinski definition) is 1. The van der Waals surface area contributed by atoms with Crippen LogP contribution >= 0.6 is 0 Å². The summed E-state index contributed by atoms with van der Waals surface area (Å²) in [5.41, 5.74) is 6.99. The fourth-order valence-electron chi connectivity index (χ4n) is 2.45. The Balaban J connectivity index is 3.06. The summed E-state index contributed by atoms with van der Waals surface area (Å²) in [6.45, 7) is 14.4. The second-order valence-electron chi connectivity index (χ2n) is 6.38. The van der Waals surface area contributed by atoms with E-state index in [0.29, 0.717) is 0 Å². The molecule has 19 heavy (non-hydrogen) atoms. The van der Waals surface area contributed by atoms with E-state index in [4.69, 9.17) is 0 Å². The summed E-state index contributed by atoms with van der Waals surface area (Å²) >= 11 is 0. The van der Waals surface area contributed by atoms with Crippen LogP contribution in [0.5, 0.6) is 0 Å². The molecular weight excluding hydrogens is 234 g/mol. The molecule has 0 radical (unpaired) electrons. The van der Waals surface area contributed by atoms with Gasteiger partial charge in [0.2, 0.25) is 0 Å². The molecule has 1 aromatic rings. The van der Waals surface area contributed by atoms with Crippen molar-refractivity contribution < 1.29 is 5.11 Å². The Hall–Kier alpha value is -0.860. The number of aliphatic hydroxyl groups excluding tert-OH is 1. The summed E-state index contributed by atoms with van der Waals surface area (Å²) in [5, 5.41) is 9.19. The number of hydrogen-bond acceptors (Lipinski definition) is 2. The van der Waals surface area contributed by atoms with Crippen LogP contribution < -0.4 is 0 Å². The predicted molar refractivity (Wildman–Crippen MR) is 82.6 cm³/mol. The summed E-state index contributed by atoms with van der Waals surface area (Å²) in [5.74, 6) is 0. The molecule has 0 spiro atoms. The van der Waals surface area contributed by atoms with Crippen LogP contribution in [0, 0.1) is 27.7 Å². The molecule has 2 heteroatoms. The Labute approximate surface area is 118 Å². The van der Waals surface area contributed by atoms with Crippen molar-refractivity contribution in [2.24, 2.45) is 0 Å². The van der Waals surface area contributed by atoms with Crippen LogP contribution in [0.15, 0.2) is 6.07 Å². The Morgan fingerprint density at radius 3 is 1.95 bits per heavy atom. The zero-order valence-electron chi connectivity index (χ0n) is 13.6. The lowest BCUT2D eigenvalue weighted by Gasteiger charge is -2.36. The van der Waals surface area contributed by atoms with Crippen molar-refractivity contribution in [2.75, 3.05) is 13.7 Å². The van der Waals surface area contributed by atoms with Gasteiger partial charge in [-0.05, 0) is 82.8 Å². The SMILES string of the molecule is Cc1cc(C)c(C)c(CN(C)C(C)(C)CCO)c1C. The lowest BCUT2D eigenvalue weighted by molar-refractivity contribution is 0.109. The topological polar surface area (TPSA) is 23.5 Å². The molecule has 0 fully saturated rings. The summed E-state index contributed by atoms with van der Waals surface area (Å²) in [6.07, 6.45) is 0.798. The summed E-state index contributed by atoms with van der Waals surface area (Å²) in [6, 6.07) is 2.27. The van der Waals surface area contributed by atoms with Crippen LogP contribution in [0.1, 0.15) is 48.1 Å². The van der Waals surface area contributed by atoms with Gasteiger partial charge in [-0.25, -0.2) is 0 Å². The molecule has 0 saturated carbocycles. The zero-order chi connectivity index (χ0) is 14.8. The van der Waals surface area contributed by atoms with Crippen molar-refractivity contribution in [3.8, 4) is 0 Å². The molecule has 0 aliphatic heterocycles. The lowest BCUT2D eigenvalue weighted by atomic mass is 9.92. The molecule has 0 aliphatic rings. The number of aryl methyl sites for hydroxylation is 2. The maximum Gasteiger partial charge on any atom is 0.0448 e. The van der Waals surface area contributed by atoms with E-state index < -0.39 is 0 Å². The molecule has 108 valence electrons. The normalized spacial score (nSPS) is 12.3. The maximum atomic E-state index is 9.19. The Bertz CT molecular complexity index is 423. The second-order valence-corrected chi connectivity index (χ2v) is 6.38. The summed E-state index contributed by atoms with van der Waals surface area (Å²) in [7, 11) is 2.15. The van der Waals surface area contributed by atoms with Gasteiger partial charge >= 0.3 is 0 Å². The standard InChI is InChI=1S/C17H29NO/c1-12-10-13(2)15(4)16(14(12)3)11-18(7)17(5,6)8-9-19/h10,19H,8-9,11H2,1-7H3. The first-order valence-electron chi connectivity index (χ1n) is 7.09. The molecule has 0 heterocycles. The van der Waals surface area contributed by atoms with E-state index in [2.05, 4.69) is 59.6 Å². The minimum absolute atomic E-state index is 0.0191. The van der Waals surface area contributed by atoms with Crippen LogP contribution in [0.25, 0.3) is 0 Å². The first kappa shape index (κ1) is 16.2. The third kappa shape index (κ3) is 3.58. The van der Waals surface area contributed by atoms with Crippen LogP contribution in [0.2, 0.25) is 0 Å². The molecule has 2 nitrogen and oxygen atoms in total. The summed E-state index contributed by atoms with van der Waals surface area (Å²) < 4.78 is 0. The van der Waals surface area contributed by atoms with Crippen LogP contribution in [-0.4, -0.2) is 29.2 Å². The van der Waals surface area contributed by atoms with Gasteiger partial charge in [0.05, 0.1) is 0 Å². The van der Waals surface area contributed by atoms with Crippen molar-refractivity contribution in [1.29, 1.82) is 0 Å². The minimum Gasteiger partial charge on any atom is -0.396 e. The van der Waals surface area contributed by atoms with Gasteiger partial charge < -0.3 is 5.11 Å². The molecule has 0 unspecified atom stereocenters. The van der Waals surface area contributed by atoms with Gasteiger partial charge in [-0.3, -0.25) is 4.90 Å². The van der Waals surface area contributed by atoms with Crippen LogP contribution in [-0.2, 0) is 6.54 Å². The average Bonchev–Trinajstić information content (AvgIpc) is 2.31. The van der Waals surface area contributed by atoms with E-state index in [0.717, 1.165) is 13.0 Å². The number of aliphatic hydroxyl groups is 1. The molecule has 0 atom stereocenters. The van der Waals surface area contributed by atoms with E-state index in [1.54, 1.807) is 0 Å². The quantitative estimate of drug-likeness (QED) is 0.878. The molecule has 1 rings (SSSR count). The molecule has 1 N–H and O–H groups in total. The fraction of sp³-hybridized carbons (Fsp3) is 0.647. The predicted octanol–water partition coefficient (Wildman–Crippen LogP) is 3.51. The van der Waals surface area contributed by atoms with Gasteiger partial charge in [-0.2, -0.15) is 0 Å². The maximum absolute atomic E-state index is 9.19. The molecule has 0 amide bonds. The molecule has 0 saturated heterocycles. The monoisotopic (exact) mass is 263 g/mol. The lowest BCUT2D eigenvalue weighted by Crippen LogP contribution is -2.41. The van der Waals surface area contributed by atoms with E-state index in [1.165, 1.54) is 27.8 Å². The van der Waals surface area contributed by atoms with Crippen molar-refractivity contribution in [3.63, 3.8) is 0 Å². The molecule has 0 aromatic heterocycles. The van der Waals surface area contributed by atoms with Gasteiger partial charge in [0, 0.05) is 18.7 Å². The summed E-state index contributed by atoms with van der Waals surface area (Å²) in [4.78, 5) is 2.34. The Kier molecular flexibility index (Phi) is 5.17. The smallest absolute Gasteiger partial charge is 0.0448 e. The van der Waals surface area contributed by atoms with Crippen molar-refractivity contribution in [1.82, 2.24) is 4.90 Å². The molecule has 0 bridgehead atoms. The van der Waals surface area contributed by atoms with Crippen molar-refractivity contribution >= 4 is 0 Å². The number of rotatable bonds is 5. The molecular formula is C17H29NO. The highest BCUT2D eigenvalue weighted by Crippen LogP contribution is 2.26. The van der Waals surface area contributed by atoms with E-state index in [1.807, 2.05) is 0 Å². The van der Waals surface area contributed by atoms with E-state index in [-0.39, 0.29) is 12.1 Å².